The van der Waals surface area contributed by atoms with Gasteiger partial charge >= 0.3 is 0 Å². The highest BCUT2D eigenvalue weighted by atomic mass is 35.5. The molecular formula is C15H21ClF2N2. The number of piperazine rings is 1. The van der Waals surface area contributed by atoms with Crippen molar-refractivity contribution in [2.75, 3.05) is 26.2 Å². The SMILES string of the molecule is Cl.Fc1ccc([C@H](CC2CC2)N2CCNCC2)c(F)c1. The van der Waals surface area contributed by atoms with Crippen LogP contribution in [0, 0.1) is 17.6 Å². The van der Waals surface area contributed by atoms with Crippen molar-refractivity contribution in [3.8, 4) is 0 Å². The van der Waals surface area contributed by atoms with Crippen LogP contribution in [0.3, 0.4) is 0 Å². The maximum Gasteiger partial charge on any atom is 0.130 e. The van der Waals surface area contributed by atoms with Crippen LogP contribution in [-0.2, 0) is 0 Å². The first-order chi connectivity index (χ1) is 9.24. The molecule has 1 saturated heterocycles. The van der Waals surface area contributed by atoms with Crippen molar-refractivity contribution in [2.24, 2.45) is 5.92 Å². The molecule has 1 N–H and O–H groups in total. The first kappa shape index (κ1) is 15.7. The lowest BCUT2D eigenvalue weighted by Gasteiger charge is -2.35. The highest BCUT2D eigenvalue weighted by Gasteiger charge is 2.31. The Morgan fingerprint density at radius 2 is 1.90 bits per heavy atom. The van der Waals surface area contributed by atoms with E-state index in [1.54, 1.807) is 6.07 Å². The van der Waals surface area contributed by atoms with E-state index in [9.17, 15) is 8.78 Å². The second-order valence-corrected chi connectivity index (χ2v) is 5.65. The van der Waals surface area contributed by atoms with Gasteiger partial charge in [0.05, 0.1) is 0 Å². The summed E-state index contributed by atoms with van der Waals surface area (Å²) in [6, 6.07) is 4.12. The Bertz CT molecular complexity index is 445. The largest absolute Gasteiger partial charge is 0.314 e. The van der Waals surface area contributed by atoms with Gasteiger partial charge in [0.15, 0.2) is 0 Å². The molecule has 1 atom stereocenters. The Morgan fingerprint density at radius 3 is 2.50 bits per heavy atom. The molecule has 5 heteroatoms. The summed E-state index contributed by atoms with van der Waals surface area (Å²) in [5.41, 5.74) is 0.662. The highest BCUT2D eigenvalue weighted by molar-refractivity contribution is 5.85. The van der Waals surface area contributed by atoms with Crippen LogP contribution in [0.15, 0.2) is 18.2 Å². The van der Waals surface area contributed by atoms with Crippen LogP contribution < -0.4 is 5.32 Å². The Kier molecular flexibility index (Phi) is 5.35. The molecule has 1 aromatic carbocycles. The van der Waals surface area contributed by atoms with Crippen LogP contribution >= 0.6 is 12.4 Å². The number of nitrogens with zero attached hydrogens (tertiary/aromatic N) is 1. The van der Waals surface area contributed by atoms with Crippen LogP contribution in [0.5, 0.6) is 0 Å². The third kappa shape index (κ3) is 3.68. The summed E-state index contributed by atoms with van der Waals surface area (Å²) in [5.74, 6) is -0.166. The topological polar surface area (TPSA) is 15.3 Å². The van der Waals surface area contributed by atoms with E-state index in [1.807, 2.05) is 0 Å². The zero-order chi connectivity index (χ0) is 13.2. The second kappa shape index (κ2) is 6.83. The Labute approximate surface area is 124 Å². The summed E-state index contributed by atoms with van der Waals surface area (Å²) in [7, 11) is 0. The van der Waals surface area contributed by atoms with E-state index in [0.29, 0.717) is 5.56 Å². The van der Waals surface area contributed by atoms with Crippen LogP contribution in [0.2, 0.25) is 0 Å². The zero-order valence-corrected chi connectivity index (χ0v) is 12.3. The summed E-state index contributed by atoms with van der Waals surface area (Å²) in [6.45, 7) is 3.77. The summed E-state index contributed by atoms with van der Waals surface area (Å²) in [4.78, 5) is 2.34. The molecule has 0 radical (unpaired) electrons. The van der Waals surface area contributed by atoms with E-state index in [2.05, 4.69) is 10.2 Å². The molecular weight excluding hydrogens is 282 g/mol. The number of nitrogens with one attached hydrogen (secondary N) is 1. The van der Waals surface area contributed by atoms with Crippen molar-refractivity contribution in [2.45, 2.75) is 25.3 Å². The van der Waals surface area contributed by atoms with Gasteiger partial charge in [-0.3, -0.25) is 4.90 Å². The molecule has 1 heterocycles. The lowest BCUT2D eigenvalue weighted by atomic mass is 9.98. The van der Waals surface area contributed by atoms with Crippen LogP contribution in [0.25, 0.3) is 0 Å². The van der Waals surface area contributed by atoms with Gasteiger partial charge in [0.2, 0.25) is 0 Å². The molecule has 0 bridgehead atoms. The number of rotatable bonds is 4. The first-order valence-corrected chi connectivity index (χ1v) is 7.14. The summed E-state index contributed by atoms with van der Waals surface area (Å²) in [6.07, 6.45) is 3.51. The van der Waals surface area contributed by atoms with Crippen molar-refractivity contribution < 1.29 is 8.78 Å². The minimum absolute atomic E-state index is 0. The van der Waals surface area contributed by atoms with Gasteiger partial charge < -0.3 is 5.32 Å². The quantitative estimate of drug-likeness (QED) is 0.919. The standard InChI is InChI=1S/C15H20F2N2.ClH/c16-12-3-4-13(14(17)10-12)15(9-11-1-2-11)19-7-5-18-6-8-19;/h3-4,10-11,15,18H,1-2,5-9H2;1H/t15-;/m0./s1. The summed E-state index contributed by atoms with van der Waals surface area (Å²) < 4.78 is 27.1. The van der Waals surface area contributed by atoms with E-state index in [4.69, 9.17) is 0 Å². The van der Waals surface area contributed by atoms with E-state index in [1.165, 1.54) is 18.9 Å². The lowest BCUT2D eigenvalue weighted by molar-refractivity contribution is 0.157. The fourth-order valence-electron chi connectivity index (χ4n) is 2.91. The minimum Gasteiger partial charge on any atom is -0.314 e. The molecule has 0 unspecified atom stereocenters. The molecule has 0 aromatic heterocycles. The molecule has 1 aliphatic heterocycles. The maximum absolute atomic E-state index is 14.0. The van der Waals surface area contributed by atoms with Gasteiger partial charge in [-0.2, -0.15) is 0 Å². The normalized spacial score (nSPS) is 21.3. The van der Waals surface area contributed by atoms with Crippen molar-refractivity contribution in [3.05, 3.63) is 35.4 Å². The molecule has 3 rings (SSSR count). The lowest BCUT2D eigenvalue weighted by Crippen LogP contribution is -2.45. The van der Waals surface area contributed by atoms with Crippen molar-refractivity contribution in [3.63, 3.8) is 0 Å². The molecule has 2 aliphatic rings. The van der Waals surface area contributed by atoms with Gasteiger partial charge in [-0.25, -0.2) is 8.78 Å². The summed E-state index contributed by atoms with van der Waals surface area (Å²) in [5, 5.41) is 3.32. The molecule has 20 heavy (non-hydrogen) atoms. The maximum atomic E-state index is 14.0. The molecule has 1 aliphatic carbocycles. The van der Waals surface area contributed by atoms with Gasteiger partial charge in [-0.05, 0) is 18.4 Å². The van der Waals surface area contributed by atoms with Crippen molar-refractivity contribution in [1.29, 1.82) is 0 Å². The molecule has 1 saturated carbocycles. The number of benzene rings is 1. The average Bonchev–Trinajstić information content (AvgIpc) is 3.22. The van der Waals surface area contributed by atoms with Crippen LogP contribution in [0.1, 0.15) is 30.9 Å². The van der Waals surface area contributed by atoms with E-state index in [0.717, 1.165) is 44.6 Å². The smallest absolute Gasteiger partial charge is 0.130 e. The fraction of sp³-hybridized carbons (Fsp3) is 0.600. The first-order valence-electron chi connectivity index (χ1n) is 7.14. The second-order valence-electron chi connectivity index (χ2n) is 5.65. The molecule has 2 fully saturated rings. The van der Waals surface area contributed by atoms with E-state index in [-0.39, 0.29) is 18.4 Å². The van der Waals surface area contributed by atoms with Gasteiger partial charge in [-0.15, -0.1) is 12.4 Å². The van der Waals surface area contributed by atoms with E-state index < -0.39 is 11.6 Å². The van der Waals surface area contributed by atoms with Gasteiger partial charge in [0.25, 0.3) is 0 Å². The number of hydrogen-bond donors (Lipinski definition) is 1. The Hall–Kier alpha value is -0.710. The monoisotopic (exact) mass is 302 g/mol. The minimum atomic E-state index is -0.494. The predicted octanol–water partition coefficient (Wildman–Crippen LogP) is 3.13. The zero-order valence-electron chi connectivity index (χ0n) is 11.4. The van der Waals surface area contributed by atoms with Crippen LogP contribution in [-0.4, -0.2) is 31.1 Å². The molecule has 0 amide bonds. The van der Waals surface area contributed by atoms with Gasteiger partial charge in [-0.1, -0.05) is 18.9 Å². The third-order valence-corrected chi connectivity index (χ3v) is 4.17. The Balaban J connectivity index is 0.00000147. The molecule has 112 valence electrons. The number of halogens is 3. The van der Waals surface area contributed by atoms with Gasteiger partial charge in [0.1, 0.15) is 11.6 Å². The summed E-state index contributed by atoms with van der Waals surface area (Å²) >= 11 is 0. The number of hydrogen-bond acceptors (Lipinski definition) is 2. The van der Waals surface area contributed by atoms with Gasteiger partial charge in [0, 0.05) is 43.9 Å². The van der Waals surface area contributed by atoms with Crippen molar-refractivity contribution in [1.82, 2.24) is 10.2 Å². The average molecular weight is 303 g/mol. The Morgan fingerprint density at radius 1 is 1.20 bits per heavy atom. The predicted molar refractivity (Wildman–Crippen MR) is 78.1 cm³/mol. The molecule has 1 aromatic rings. The third-order valence-electron chi connectivity index (χ3n) is 4.17. The molecule has 0 spiro atoms. The van der Waals surface area contributed by atoms with E-state index >= 15 is 0 Å². The fourth-order valence-corrected chi connectivity index (χ4v) is 2.91. The highest BCUT2D eigenvalue weighted by Crippen LogP contribution is 2.40. The molecule has 2 nitrogen and oxygen atoms in total. The van der Waals surface area contributed by atoms with Crippen LogP contribution in [0.4, 0.5) is 8.78 Å². The van der Waals surface area contributed by atoms with Crippen molar-refractivity contribution >= 4 is 12.4 Å².